The van der Waals surface area contributed by atoms with Crippen LogP contribution in [0.3, 0.4) is 0 Å². The zero-order chi connectivity index (χ0) is 31.1. The lowest BCUT2D eigenvalue weighted by Gasteiger charge is -2.57. The molecule has 2 amide bonds. The monoisotopic (exact) mass is 647 g/mol. The molecule has 43 heavy (non-hydrogen) atoms. The van der Waals surface area contributed by atoms with Crippen molar-refractivity contribution in [1.82, 2.24) is 10.2 Å². The summed E-state index contributed by atoms with van der Waals surface area (Å²) in [5, 5.41) is 3.65. The predicted molar refractivity (Wildman–Crippen MR) is 173 cm³/mol. The minimum atomic E-state index is -3.81. The highest BCUT2D eigenvalue weighted by molar-refractivity contribution is 7.92. The molecule has 2 aromatic rings. The van der Waals surface area contributed by atoms with E-state index in [1.165, 1.54) is 49.0 Å². The maximum absolute atomic E-state index is 13.9. The molecule has 0 unspecified atom stereocenters. The van der Waals surface area contributed by atoms with Crippen LogP contribution in [0.4, 0.5) is 5.69 Å². The molecule has 234 valence electrons. The number of halogens is 2. The SMILES string of the molecule is CC[C@H](C)NC(=O)[C@H](C)N(Cc1ccc(Cl)c(Cl)c1)C(=O)CN(c1ccc(C23CC4CC(CC(C4)C2)C3)cc1)S(C)(=O)=O. The van der Waals surface area contributed by atoms with E-state index in [0.717, 1.165) is 34.7 Å². The lowest BCUT2D eigenvalue weighted by atomic mass is 9.48. The zero-order valence-electron chi connectivity index (χ0n) is 25.5. The van der Waals surface area contributed by atoms with Gasteiger partial charge < -0.3 is 10.2 Å². The van der Waals surface area contributed by atoms with Gasteiger partial charge in [0.1, 0.15) is 12.6 Å². The van der Waals surface area contributed by atoms with Gasteiger partial charge >= 0.3 is 0 Å². The highest BCUT2D eigenvalue weighted by Crippen LogP contribution is 2.60. The van der Waals surface area contributed by atoms with Crippen molar-refractivity contribution in [2.24, 2.45) is 17.8 Å². The van der Waals surface area contributed by atoms with Crippen LogP contribution < -0.4 is 9.62 Å². The maximum atomic E-state index is 13.9. The summed E-state index contributed by atoms with van der Waals surface area (Å²) in [6.45, 7) is 5.14. The molecule has 4 aliphatic rings. The molecule has 0 saturated heterocycles. The number of sulfonamides is 1. The molecule has 0 aromatic heterocycles. The third-order valence-electron chi connectivity index (χ3n) is 9.99. The molecule has 1 N–H and O–H groups in total. The summed E-state index contributed by atoms with van der Waals surface area (Å²) in [6, 6.07) is 11.9. The first-order valence-corrected chi connectivity index (χ1v) is 18.0. The van der Waals surface area contributed by atoms with Crippen LogP contribution in [0.15, 0.2) is 42.5 Å². The van der Waals surface area contributed by atoms with Crippen LogP contribution in [0, 0.1) is 17.8 Å². The maximum Gasteiger partial charge on any atom is 0.244 e. The van der Waals surface area contributed by atoms with E-state index in [1.807, 2.05) is 26.0 Å². The van der Waals surface area contributed by atoms with E-state index >= 15 is 0 Å². The van der Waals surface area contributed by atoms with Crippen LogP contribution in [-0.2, 0) is 31.6 Å². The second kappa shape index (κ2) is 12.6. The van der Waals surface area contributed by atoms with Crippen molar-refractivity contribution in [3.63, 3.8) is 0 Å². The van der Waals surface area contributed by atoms with Crippen LogP contribution in [0.1, 0.15) is 76.8 Å². The van der Waals surface area contributed by atoms with Crippen molar-refractivity contribution in [2.45, 2.75) is 89.8 Å². The van der Waals surface area contributed by atoms with E-state index in [-0.39, 0.29) is 23.9 Å². The highest BCUT2D eigenvalue weighted by Gasteiger charge is 2.51. The molecule has 0 heterocycles. The lowest BCUT2D eigenvalue weighted by Crippen LogP contribution is -2.52. The van der Waals surface area contributed by atoms with Crippen molar-refractivity contribution in [3.05, 3.63) is 63.6 Å². The fraction of sp³-hybridized carbons (Fsp3) is 0.576. The Morgan fingerprint density at radius 1 is 0.953 bits per heavy atom. The number of carbonyl (C=O) groups is 2. The van der Waals surface area contributed by atoms with Crippen molar-refractivity contribution >= 4 is 50.7 Å². The minimum Gasteiger partial charge on any atom is -0.352 e. The smallest absolute Gasteiger partial charge is 0.244 e. The van der Waals surface area contributed by atoms with Crippen LogP contribution in [0.5, 0.6) is 0 Å². The summed E-state index contributed by atoms with van der Waals surface area (Å²) in [4.78, 5) is 28.4. The van der Waals surface area contributed by atoms with Gasteiger partial charge in [-0.05, 0) is 117 Å². The Kier molecular flexibility index (Phi) is 9.41. The Balaban J connectivity index is 1.39. The molecule has 0 spiro atoms. The molecule has 2 aromatic carbocycles. The average molecular weight is 649 g/mol. The van der Waals surface area contributed by atoms with E-state index in [1.54, 1.807) is 25.1 Å². The Labute approximate surface area is 266 Å². The van der Waals surface area contributed by atoms with Crippen LogP contribution in [0.25, 0.3) is 0 Å². The Morgan fingerprint density at radius 2 is 1.53 bits per heavy atom. The normalized spacial score (nSPS) is 25.7. The Hall–Kier alpha value is -2.29. The number of amides is 2. The lowest BCUT2D eigenvalue weighted by molar-refractivity contribution is -0.139. The van der Waals surface area contributed by atoms with Gasteiger partial charge in [-0.25, -0.2) is 8.42 Å². The number of hydrogen-bond donors (Lipinski definition) is 1. The standard InChI is InChI=1S/C33H43Cl2N3O4S/c1-5-21(2)36-32(40)22(3)37(19-23-6-11-29(34)30(35)15-23)31(39)20-38(43(4,41)42)28-9-7-27(8-10-28)33-16-24-12-25(17-33)14-26(13-24)18-33/h6-11,15,21-22,24-26H,5,12-14,16-20H2,1-4H3,(H,36,40)/t21-,22-,24?,25?,26?,33?/m0/s1. The summed E-state index contributed by atoms with van der Waals surface area (Å²) in [7, 11) is -3.81. The van der Waals surface area contributed by atoms with Crippen molar-refractivity contribution in [1.29, 1.82) is 0 Å². The third-order valence-corrected chi connectivity index (χ3v) is 11.9. The van der Waals surface area contributed by atoms with Crippen LogP contribution >= 0.6 is 23.2 Å². The van der Waals surface area contributed by atoms with Gasteiger partial charge in [0, 0.05) is 12.6 Å². The molecule has 4 aliphatic carbocycles. The summed E-state index contributed by atoms with van der Waals surface area (Å²) in [5.74, 6) is 1.60. The first-order chi connectivity index (χ1) is 20.3. The summed E-state index contributed by atoms with van der Waals surface area (Å²) in [5.41, 5.74) is 2.59. The van der Waals surface area contributed by atoms with Crippen LogP contribution in [-0.4, -0.2) is 50.0 Å². The first kappa shape index (κ1) is 32.1. The number of rotatable bonds is 11. The molecule has 4 saturated carbocycles. The van der Waals surface area contributed by atoms with E-state index in [0.29, 0.717) is 21.3 Å². The molecular weight excluding hydrogens is 605 g/mol. The van der Waals surface area contributed by atoms with Crippen molar-refractivity contribution in [2.75, 3.05) is 17.1 Å². The highest BCUT2D eigenvalue weighted by atomic mass is 35.5. The number of benzene rings is 2. The zero-order valence-corrected chi connectivity index (χ0v) is 27.8. The van der Waals surface area contributed by atoms with E-state index in [4.69, 9.17) is 23.2 Å². The average Bonchev–Trinajstić information content (AvgIpc) is 2.94. The predicted octanol–water partition coefficient (Wildman–Crippen LogP) is 6.56. The summed E-state index contributed by atoms with van der Waals surface area (Å²) in [6.07, 6.45) is 9.55. The van der Waals surface area contributed by atoms with Gasteiger partial charge in [0.15, 0.2) is 0 Å². The molecule has 0 aliphatic heterocycles. The Morgan fingerprint density at radius 3 is 2.05 bits per heavy atom. The van der Waals surface area contributed by atoms with E-state index in [2.05, 4.69) is 17.4 Å². The second-order valence-corrected chi connectivity index (χ2v) is 16.0. The van der Waals surface area contributed by atoms with Crippen molar-refractivity contribution in [3.8, 4) is 0 Å². The molecule has 10 heteroatoms. The van der Waals surface area contributed by atoms with Gasteiger partial charge in [0.25, 0.3) is 0 Å². The Bertz CT molecular complexity index is 1430. The van der Waals surface area contributed by atoms with E-state index < -0.39 is 28.5 Å². The second-order valence-electron chi connectivity index (χ2n) is 13.3. The fourth-order valence-electron chi connectivity index (χ4n) is 7.94. The van der Waals surface area contributed by atoms with Gasteiger partial charge in [-0.1, -0.05) is 48.3 Å². The molecule has 2 atom stereocenters. The number of carbonyl (C=O) groups excluding carboxylic acids is 2. The summed E-state index contributed by atoms with van der Waals surface area (Å²) >= 11 is 12.3. The van der Waals surface area contributed by atoms with Crippen molar-refractivity contribution < 1.29 is 18.0 Å². The van der Waals surface area contributed by atoms with Gasteiger partial charge in [0.2, 0.25) is 21.8 Å². The van der Waals surface area contributed by atoms with E-state index in [9.17, 15) is 18.0 Å². The molecule has 4 bridgehead atoms. The quantitative estimate of drug-likeness (QED) is 0.299. The molecule has 0 radical (unpaired) electrons. The number of nitrogens with zero attached hydrogens (tertiary/aromatic N) is 2. The van der Waals surface area contributed by atoms with Gasteiger partial charge in [-0.2, -0.15) is 0 Å². The summed E-state index contributed by atoms with van der Waals surface area (Å²) < 4.78 is 27.3. The number of anilines is 1. The van der Waals surface area contributed by atoms with Gasteiger partial charge in [-0.3, -0.25) is 13.9 Å². The molecule has 7 nitrogen and oxygen atoms in total. The topological polar surface area (TPSA) is 86.8 Å². The molecular formula is C33H43Cl2N3O4S. The molecule has 6 rings (SSSR count). The fourth-order valence-corrected chi connectivity index (χ4v) is 9.11. The number of hydrogen-bond acceptors (Lipinski definition) is 4. The van der Waals surface area contributed by atoms with Gasteiger partial charge in [-0.15, -0.1) is 0 Å². The number of nitrogens with one attached hydrogen (secondary N) is 1. The first-order valence-electron chi connectivity index (χ1n) is 15.4. The molecule has 4 fully saturated rings. The third kappa shape index (κ3) is 7.02. The largest absolute Gasteiger partial charge is 0.352 e. The van der Waals surface area contributed by atoms with Crippen LogP contribution in [0.2, 0.25) is 10.0 Å². The van der Waals surface area contributed by atoms with Gasteiger partial charge in [0.05, 0.1) is 22.0 Å². The minimum absolute atomic E-state index is 0.0629.